The SMILES string of the molecule is CCC(=O)N(C)c1ccc(-c2nc(C(=O)NCc3ccc(F)nc3F)cs2)cc1. The minimum atomic E-state index is -0.962. The molecule has 1 N–H and O–H groups in total. The van der Waals surface area contributed by atoms with E-state index in [1.165, 1.54) is 17.4 Å². The number of carbonyl (C=O) groups is 2. The van der Waals surface area contributed by atoms with Crippen molar-refractivity contribution in [3.8, 4) is 10.6 Å². The molecule has 29 heavy (non-hydrogen) atoms. The molecule has 0 fully saturated rings. The lowest BCUT2D eigenvalue weighted by atomic mass is 10.2. The second-order valence-corrected chi connectivity index (χ2v) is 7.02. The van der Waals surface area contributed by atoms with Crippen LogP contribution in [-0.2, 0) is 11.3 Å². The number of nitrogens with zero attached hydrogens (tertiary/aromatic N) is 3. The van der Waals surface area contributed by atoms with E-state index >= 15 is 0 Å². The molecule has 0 aliphatic carbocycles. The Hall–Kier alpha value is -3.20. The molecule has 0 unspecified atom stereocenters. The Kier molecular flexibility index (Phi) is 6.28. The number of nitrogens with one attached hydrogen (secondary N) is 1. The Morgan fingerprint density at radius 1 is 1.10 bits per heavy atom. The summed E-state index contributed by atoms with van der Waals surface area (Å²) in [6.45, 7) is 1.67. The van der Waals surface area contributed by atoms with Gasteiger partial charge in [-0.1, -0.05) is 6.92 Å². The topological polar surface area (TPSA) is 75.2 Å². The summed E-state index contributed by atoms with van der Waals surface area (Å²) in [5, 5.41) is 4.78. The fraction of sp³-hybridized carbons (Fsp3) is 0.200. The molecule has 0 radical (unpaired) electrons. The van der Waals surface area contributed by atoms with Gasteiger partial charge >= 0.3 is 0 Å². The Labute approximate surface area is 170 Å². The van der Waals surface area contributed by atoms with Gasteiger partial charge in [0.05, 0.1) is 0 Å². The molecule has 0 spiro atoms. The van der Waals surface area contributed by atoms with Gasteiger partial charge < -0.3 is 10.2 Å². The highest BCUT2D eigenvalue weighted by Gasteiger charge is 2.14. The van der Waals surface area contributed by atoms with Crippen molar-refractivity contribution < 1.29 is 18.4 Å². The van der Waals surface area contributed by atoms with Gasteiger partial charge in [-0.25, -0.2) is 4.98 Å². The Bertz CT molecular complexity index is 1040. The standard InChI is InChI=1S/C20H18F2N4O2S/c1-3-17(27)26(2)14-7-4-12(5-8-14)20-24-15(11-29-20)19(28)23-10-13-6-9-16(21)25-18(13)22/h4-9,11H,3,10H2,1-2H3,(H,23,28). The number of benzene rings is 1. The molecule has 2 heterocycles. The van der Waals surface area contributed by atoms with Crippen molar-refractivity contribution in [2.24, 2.45) is 0 Å². The predicted octanol–water partition coefficient (Wildman–Crippen LogP) is 3.79. The maximum absolute atomic E-state index is 13.6. The first-order valence-electron chi connectivity index (χ1n) is 8.80. The van der Waals surface area contributed by atoms with Crippen LogP contribution in [0.4, 0.5) is 14.5 Å². The van der Waals surface area contributed by atoms with Gasteiger partial charge in [-0.05, 0) is 36.4 Å². The van der Waals surface area contributed by atoms with Crippen molar-refractivity contribution in [1.29, 1.82) is 0 Å². The first-order valence-corrected chi connectivity index (χ1v) is 9.68. The smallest absolute Gasteiger partial charge is 0.271 e. The van der Waals surface area contributed by atoms with Crippen LogP contribution in [0, 0.1) is 11.9 Å². The highest BCUT2D eigenvalue weighted by atomic mass is 32.1. The third kappa shape index (κ3) is 4.80. The number of thiazole rings is 1. The summed E-state index contributed by atoms with van der Waals surface area (Å²) in [6, 6.07) is 9.54. The summed E-state index contributed by atoms with van der Waals surface area (Å²) in [5.41, 5.74) is 1.85. The van der Waals surface area contributed by atoms with E-state index in [1.807, 2.05) is 24.3 Å². The first-order chi connectivity index (χ1) is 13.9. The third-order valence-electron chi connectivity index (χ3n) is 4.25. The average Bonchev–Trinajstić information content (AvgIpc) is 3.22. The van der Waals surface area contributed by atoms with E-state index in [0.717, 1.165) is 17.3 Å². The van der Waals surface area contributed by atoms with Crippen LogP contribution in [0.2, 0.25) is 0 Å². The number of hydrogen-bond donors (Lipinski definition) is 1. The molecule has 0 aliphatic rings. The minimum Gasteiger partial charge on any atom is -0.346 e. The van der Waals surface area contributed by atoms with Crippen molar-refractivity contribution in [2.45, 2.75) is 19.9 Å². The zero-order chi connectivity index (χ0) is 21.0. The summed E-state index contributed by atoms with van der Waals surface area (Å²) in [5.74, 6) is -2.34. The molecule has 0 aliphatic heterocycles. The minimum absolute atomic E-state index is 0.0127. The fourth-order valence-electron chi connectivity index (χ4n) is 2.56. The van der Waals surface area contributed by atoms with Gasteiger partial charge in [-0.2, -0.15) is 13.8 Å². The quantitative estimate of drug-likeness (QED) is 0.621. The highest BCUT2D eigenvalue weighted by molar-refractivity contribution is 7.13. The normalized spacial score (nSPS) is 10.6. The van der Waals surface area contributed by atoms with E-state index in [-0.39, 0.29) is 23.7 Å². The van der Waals surface area contributed by atoms with Gasteiger partial charge in [0.2, 0.25) is 17.8 Å². The Balaban J connectivity index is 1.66. The highest BCUT2D eigenvalue weighted by Crippen LogP contribution is 2.26. The van der Waals surface area contributed by atoms with E-state index in [2.05, 4.69) is 15.3 Å². The molecule has 0 saturated heterocycles. The molecule has 3 rings (SSSR count). The van der Waals surface area contributed by atoms with Crippen molar-refractivity contribution in [3.63, 3.8) is 0 Å². The summed E-state index contributed by atoms with van der Waals surface area (Å²) in [7, 11) is 1.71. The summed E-state index contributed by atoms with van der Waals surface area (Å²) in [4.78, 5) is 33.0. The first kappa shape index (κ1) is 20.5. The monoisotopic (exact) mass is 416 g/mol. The van der Waals surface area contributed by atoms with E-state index in [4.69, 9.17) is 0 Å². The zero-order valence-corrected chi connectivity index (χ0v) is 16.6. The summed E-state index contributed by atoms with van der Waals surface area (Å²) in [6.07, 6.45) is 0.418. The molecule has 150 valence electrons. The molecule has 9 heteroatoms. The van der Waals surface area contributed by atoms with E-state index in [9.17, 15) is 18.4 Å². The van der Waals surface area contributed by atoms with Crippen LogP contribution >= 0.6 is 11.3 Å². The van der Waals surface area contributed by atoms with E-state index in [0.29, 0.717) is 11.4 Å². The molecule has 1 aromatic carbocycles. The molecule has 2 amide bonds. The van der Waals surface area contributed by atoms with Crippen molar-refractivity contribution in [1.82, 2.24) is 15.3 Å². The molecule has 0 saturated carbocycles. The number of amides is 2. The van der Waals surface area contributed by atoms with Crippen LogP contribution in [0.15, 0.2) is 41.8 Å². The zero-order valence-electron chi connectivity index (χ0n) is 15.8. The molecule has 0 bridgehead atoms. The number of hydrogen-bond acceptors (Lipinski definition) is 5. The van der Waals surface area contributed by atoms with Crippen molar-refractivity contribution in [2.75, 3.05) is 11.9 Å². The average molecular weight is 416 g/mol. The van der Waals surface area contributed by atoms with Crippen LogP contribution in [0.3, 0.4) is 0 Å². The summed E-state index contributed by atoms with van der Waals surface area (Å²) >= 11 is 1.29. The van der Waals surface area contributed by atoms with Gasteiger partial charge in [0.25, 0.3) is 5.91 Å². The number of carbonyl (C=O) groups excluding carboxylic acids is 2. The van der Waals surface area contributed by atoms with Gasteiger partial charge in [-0.15, -0.1) is 11.3 Å². The Morgan fingerprint density at radius 2 is 1.83 bits per heavy atom. The Morgan fingerprint density at radius 3 is 2.48 bits per heavy atom. The predicted molar refractivity (Wildman–Crippen MR) is 107 cm³/mol. The largest absolute Gasteiger partial charge is 0.346 e. The van der Waals surface area contributed by atoms with Gasteiger partial charge in [-0.3, -0.25) is 9.59 Å². The maximum atomic E-state index is 13.6. The van der Waals surface area contributed by atoms with Crippen LogP contribution in [0.25, 0.3) is 10.6 Å². The third-order valence-corrected chi connectivity index (χ3v) is 5.14. The number of halogens is 2. The lowest BCUT2D eigenvalue weighted by Crippen LogP contribution is -2.24. The van der Waals surface area contributed by atoms with E-state index in [1.54, 1.807) is 24.3 Å². The maximum Gasteiger partial charge on any atom is 0.271 e. The van der Waals surface area contributed by atoms with Crippen molar-refractivity contribution in [3.05, 3.63) is 64.9 Å². The molecule has 6 nitrogen and oxygen atoms in total. The van der Waals surface area contributed by atoms with Gasteiger partial charge in [0.1, 0.15) is 10.7 Å². The summed E-state index contributed by atoms with van der Waals surface area (Å²) < 4.78 is 26.4. The van der Waals surface area contributed by atoms with E-state index < -0.39 is 17.8 Å². The molecular weight excluding hydrogens is 398 g/mol. The van der Waals surface area contributed by atoms with Crippen LogP contribution in [0.5, 0.6) is 0 Å². The molecular formula is C20H18F2N4O2S. The number of rotatable bonds is 6. The van der Waals surface area contributed by atoms with Crippen LogP contribution in [0.1, 0.15) is 29.4 Å². The van der Waals surface area contributed by atoms with Gasteiger partial charge in [0, 0.05) is 42.2 Å². The molecule has 0 atom stereocenters. The number of pyridine rings is 1. The van der Waals surface area contributed by atoms with Gasteiger partial charge in [0.15, 0.2) is 0 Å². The van der Waals surface area contributed by atoms with Crippen molar-refractivity contribution >= 4 is 28.8 Å². The number of aromatic nitrogens is 2. The van der Waals surface area contributed by atoms with Crippen LogP contribution in [-0.4, -0.2) is 28.8 Å². The fourth-order valence-corrected chi connectivity index (χ4v) is 3.36. The lowest BCUT2D eigenvalue weighted by Gasteiger charge is -2.16. The van der Waals surface area contributed by atoms with Crippen LogP contribution < -0.4 is 10.2 Å². The second-order valence-electron chi connectivity index (χ2n) is 6.16. The molecule has 2 aromatic heterocycles. The molecule has 3 aromatic rings. The lowest BCUT2D eigenvalue weighted by molar-refractivity contribution is -0.118. The number of anilines is 1. The second kappa shape index (κ2) is 8.87.